The molecule has 0 fully saturated rings. The minimum absolute atomic E-state index is 0.0994. The Kier molecular flexibility index (Phi) is 4.56. The second-order valence-electron chi connectivity index (χ2n) is 3.47. The third kappa shape index (κ3) is 3.69. The van der Waals surface area contributed by atoms with E-state index in [9.17, 15) is 4.79 Å². The lowest BCUT2D eigenvalue weighted by Crippen LogP contribution is -2.16. The van der Waals surface area contributed by atoms with Crippen LogP contribution in [0.5, 0.6) is 5.19 Å². The van der Waals surface area contributed by atoms with Crippen molar-refractivity contribution in [3.05, 3.63) is 22.4 Å². The molecule has 0 saturated carbocycles. The van der Waals surface area contributed by atoms with Crippen molar-refractivity contribution in [1.82, 2.24) is 14.3 Å². The van der Waals surface area contributed by atoms with Crippen LogP contribution in [0.1, 0.15) is 4.88 Å². The van der Waals surface area contributed by atoms with E-state index in [0.29, 0.717) is 17.0 Å². The first-order valence-corrected chi connectivity index (χ1v) is 7.50. The predicted molar refractivity (Wildman–Crippen MR) is 73.5 cm³/mol. The van der Waals surface area contributed by atoms with Gasteiger partial charge in [0.2, 0.25) is 5.16 Å². The van der Waals surface area contributed by atoms with Crippen LogP contribution in [-0.2, 0) is 6.61 Å². The Labute approximate surface area is 117 Å². The minimum atomic E-state index is -0.0994. The number of carbonyl (C=O) groups excluding carboxylic acids is 1. The van der Waals surface area contributed by atoms with Gasteiger partial charge in [-0.2, -0.15) is 9.36 Å². The van der Waals surface area contributed by atoms with Crippen molar-refractivity contribution in [3.63, 3.8) is 0 Å². The number of ether oxygens (including phenoxy) is 1. The Morgan fingerprint density at radius 2 is 2.39 bits per heavy atom. The summed E-state index contributed by atoms with van der Waals surface area (Å²) >= 11 is 3.78. The molecule has 2 aromatic rings. The summed E-state index contributed by atoms with van der Waals surface area (Å²) in [5.41, 5.74) is 0. The number of hydrogen-bond acceptors (Lipinski definition) is 7. The molecule has 0 spiro atoms. The molecule has 1 amide bonds. The number of hydrogen-bond donors (Lipinski definition) is 0. The highest BCUT2D eigenvalue weighted by atomic mass is 32.2. The second kappa shape index (κ2) is 6.17. The van der Waals surface area contributed by atoms with Gasteiger partial charge in [-0.15, -0.1) is 11.3 Å². The molecule has 2 heterocycles. The van der Waals surface area contributed by atoms with Gasteiger partial charge in [-0.1, -0.05) is 6.07 Å². The molecule has 2 aromatic heterocycles. The van der Waals surface area contributed by atoms with Gasteiger partial charge in [0.15, 0.2) is 0 Å². The monoisotopic (exact) mass is 301 g/mol. The largest absolute Gasteiger partial charge is 0.463 e. The van der Waals surface area contributed by atoms with E-state index in [1.807, 2.05) is 17.5 Å². The first kappa shape index (κ1) is 13.3. The lowest BCUT2D eigenvalue weighted by molar-refractivity contribution is 0.241. The summed E-state index contributed by atoms with van der Waals surface area (Å²) in [6.45, 7) is 0.485. The molecule has 0 saturated heterocycles. The van der Waals surface area contributed by atoms with E-state index in [1.165, 1.54) is 4.90 Å². The van der Waals surface area contributed by atoms with Crippen molar-refractivity contribution in [3.8, 4) is 5.19 Å². The Hall–Kier alpha value is -1.12. The summed E-state index contributed by atoms with van der Waals surface area (Å²) in [6.07, 6.45) is 0. The number of nitrogens with zero attached hydrogens (tertiary/aromatic N) is 3. The maximum Gasteiger partial charge on any atom is 0.294 e. The van der Waals surface area contributed by atoms with E-state index in [-0.39, 0.29) is 5.24 Å². The third-order valence-corrected chi connectivity index (χ3v) is 4.35. The summed E-state index contributed by atoms with van der Waals surface area (Å²) < 4.78 is 9.55. The molecular weight excluding hydrogens is 290 g/mol. The van der Waals surface area contributed by atoms with Crippen molar-refractivity contribution < 1.29 is 9.53 Å². The van der Waals surface area contributed by atoms with Gasteiger partial charge < -0.3 is 9.64 Å². The van der Waals surface area contributed by atoms with Crippen molar-refractivity contribution in [2.45, 2.75) is 11.8 Å². The molecule has 18 heavy (non-hydrogen) atoms. The standard InChI is InChI=1S/C10H11N3O2S3/c1-13(2)10(14)17-8-11-9(18-12-8)15-6-7-4-3-5-16-7/h3-5H,6H2,1-2H3. The molecule has 0 bridgehead atoms. The summed E-state index contributed by atoms with van der Waals surface area (Å²) in [4.78, 5) is 18.2. The Bertz CT molecular complexity index is 510. The topological polar surface area (TPSA) is 55.3 Å². The Morgan fingerprint density at radius 3 is 3.06 bits per heavy atom. The fourth-order valence-corrected chi connectivity index (χ4v) is 2.83. The van der Waals surface area contributed by atoms with Crippen LogP contribution in [0.3, 0.4) is 0 Å². The maximum atomic E-state index is 11.4. The van der Waals surface area contributed by atoms with E-state index < -0.39 is 0 Å². The number of thiophene rings is 1. The number of rotatable bonds is 4. The van der Waals surface area contributed by atoms with Gasteiger partial charge in [-0.05, 0) is 11.4 Å². The fourth-order valence-electron chi connectivity index (χ4n) is 0.994. The molecule has 0 aliphatic heterocycles. The number of amides is 1. The van der Waals surface area contributed by atoms with Gasteiger partial charge in [0.05, 0.1) is 0 Å². The average molecular weight is 301 g/mol. The molecule has 96 valence electrons. The van der Waals surface area contributed by atoms with E-state index in [0.717, 1.165) is 28.2 Å². The van der Waals surface area contributed by atoms with Crippen molar-refractivity contribution in [2.24, 2.45) is 0 Å². The molecule has 0 aromatic carbocycles. The van der Waals surface area contributed by atoms with Gasteiger partial charge in [0.25, 0.3) is 10.4 Å². The summed E-state index contributed by atoms with van der Waals surface area (Å²) in [5.74, 6) is 0. The molecule has 2 rings (SSSR count). The highest BCUT2D eigenvalue weighted by Crippen LogP contribution is 2.24. The van der Waals surface area contributed by atoms with E-state index >= 15 is 0 Å². The smallest absolute Gasteiger partial charge is 0.294 e. The summed E-state index contributed by atoms with van der Waals surface area (Å²) in [7, 11) is 3.38. The third-order valence-electron chi connectivity index (χ3n) is 1.85. The molecule has 8 heteroatoms. The van der Waals surface area contributed by atoms with Crippen molar-refractivity contribution in [1.29, 1.82) is 0 Å². The second-order valence-corrected chi connectivity index (χ2v) is 6.14. The van der Waals surface area contributed by atoms with Crippen LogP contribution in [0, 0.1) is 0 Å². The van der Waals surface area contributed by atoms with Crippen LogP contribution in [0.4, 0.5) is 4.79 Å². The molecule has 0 aliphatic carbocycles. The first-order chi connectivity index (χ1) is 8.65. The van der Waals surface area contributed by atoms with Gasteiger partial charge >= 0.3 is 0 Å². The number of carbonyl (C=O) groups is 1. The average Bonchev–Trinajstić information content (AvgIpc) is 2.96. The molecule has 0 aliphatic rings. The van der Waals surface area contributed by atoms with Gasteiger partial charge in [0.1, 0.15) is 6.61 Å². The van der Waals surface area contributed by atoms with E-state index in [1.54, 1.807) is 25.4 Å². The normalized spacial score (nSPS) is 10.3. The minimum Gasteiger partial charge on any atom is -0.463 e. The Balaban J connectivity index is 1.88. The van der Waals surface area contributed by atoms with Crippen LogP contribution in [-0.4, -0.2) is 33.6 Å². The zero-order chi connectivity index (χ0) is 13.0. The Morgan fingerprint density at radius 1 is 1.56 bits per heavy atom. The zero-order valence-corrected chi connectivity index (χ0v) is 12.3. The summed E-state index contributed by atoms with van der Waals surface area (Å²) in [5, 5.41) is 2.81. The van der Waals surface area contributed by atoms with Crippen LogP contribution in [0.2, 0.25) is 0 Å². The quantitative estimate of drug-likeness (QED) is 0.813. The van der Waals surface area contributed by atoms with E-state index in [4.69, 9.17) is 4.74 Å². The lowest BCUT2D eigenvalue weighted by atomic mass is 10.5. The molecular formula is C10H11N3O2S3. The molecule has 0 N–H and O–H groups in total. The van der Waals surface area contributed by atoms with Crippen LogP contribution < -0.4 is 4.74 Å². The van der Waals surface area contributed by atoms with Gasteiger partial charge in [-0.25, -0.2) is 0 Å². The van der Waals surface area contributed by atoms with Crippen molar-refractivity contribution >= 4 is 39.9 Å². The highest BCUT2D eigenvalue weighted by Gasteiger charge is 2.12. The lowest BCUT2D eigenvalue weighted by Gasteiger charge is -2.06. The van der Waals surface area contributed by atoms with Crippen molar-refractivity contribution in [2.75, 3.05) is 14.1 Å². The van der Waals surface area contributed by atoms with Crippen LogP contribution >= 0.6 is 34.6 Å². The summed E-state index contributed by atoms with van der Waals surface area (Å²) in [6, 6.07) is 3.97. The fraction of sp³-hybridized carbons (Fsp3) is 0.300. The molecule has 0 unspecified atom stereocenters. The SMILES string of the molecule is CN(C)C(=O)Sc1nsc(OCc2cccs2)n1. The maximum absolute atomic E-state index is 11.4. The number of thioether (sulfide) groups is 1. The van der Waals surface area contributed by atoms with Crippen LogP contribution in [0.25, 0.3) is 0 Å². The first-order valence-electron chi connectivity index (χ1n) is 5.03. The van der Waals surface area contributed by atoms with Crippen LogP contribution in [0.15, 0.2) is 22.7 Å². The molecule has 0 radical (unpaired) electrons. The molecule has 5 nitrogen and oxygen atoms in total. The van der Waals surface area contributed by atoms with Gasteiger partial charge in [0, 0.05) is 42.3 Å². The predicted octanol–water partition coefficient (Wildman–Crippen LogP) is 2.95. The molecule has 0 atom stereocenters. The zero-order valence-electron chi connectivity index (χ0n) is 9.82. The van der Waals surface area contributed by atoms with E-state index in [2.05, 4.69) is 9.36 Å². The number of aromatic nitrogens is 2. The highest BCUT2D eigenvalue weighted by molar-refractivity contribution is 8.13. The van der Waals surface area contributed by atoms with Gasteiger partial charge in [-0.3, -0.25) is 4.79 Å².